The molecule has 0 saturated heterocycles. The summed E-state index contributed by atoms with van der Waals surface area (Å²) in [7, 11) is 0. The maximum absolute atomic E-state index is 4.91. The molecule has 1 heterocycles. The van der Waals surface area contributed by atoms with Gasteiger partial charge < -0.3 is 4.99 Å². The Morgan fingerprint density at radius 1 is 0.686 bits per heavy atom. The van der Waals surface area contributed by atoms with Gasteiger partial charge in [0.2, 0.25) is 0 Å². The molecule has 0 atom stereocenters. The first-order chi connectivity index (χ1) is 17.0. The zero-order valence-electron chi connectivity index (χ0n) is 20.7. The van der Waals surface area contributed by atoms with E-state index >= 15 is 0 Å². The average Bonchev–Trinajstić information content (AvgIpc) is 2.89. The molecule has 4 rings (SSSR count). The van der Waals surface area contributed by atoms with Gasteiger partial charge in [-0.15, -0.1) is 17.7 Å². The minimum absolute atomic E-state index is 0.952. The minimum Gasteiger partial charge on any atom is -0.265 e. The fourth-order valence-corrected chi connectivity index (χ4v) is 3.52. The number of aryl methyl sites for hydroxylation is 4. The molecule has 0 N–H and O–H groups in total. The monoisotopic (exact) mass is 569 g/mol. The fraction of sp³-hybridized carbons (Fsp3) is 0.167. The molecular weight excluding hydrogens is 541 g/mol. The summed E-state index contributed by atoms with van der Waals surface area (Å²) >= 11 is 6.25. The minimum atomic E-state index is 0.952. The van der Waals surface area contributed by atoms with E-state index in [2.05, 4.69) is 114 Å². The van der Waals surface area contributed by atoms with Crippen LogP contribution in [0.3, 0.4) is 0 Å². The topological polar surface area (TPSA) is 37.6 Å². The molecule has 5 heteroatoms. The molecule has 0 spiro atoms. The molecule has 0 aliphatic carbocycles. The molecule has 0 bridgehead atoms. The summed E-state index contributed by atoms with van der Waals surface area (Å²) in [4.78, 5) is 13.4. The van der Waals surface area contributed by atoms with Gasteiger partial charge in [-0.25, -0.2) is 0 Å². The maximum atomic E-state index is 4.91. The number of aromatic nitrogens is 1. The van der Waals surface area contributed by atoms with Crippen LogP contribution < -0.4 is 0 Å². The van der Waals surface area contributed by atoms with Crippen molar-refractivity contribution in [2.24, 2.45) is 9.98 Å². The molecule has 183 valence electrons. The Morgan fingerprint density at radius 2 is 1.20 bits per heavy atom. The van der Waals surface area contributed by atoms with E-state index in [4.69, 9.17) is 4.99 Å². The van der Waals surface area contributed by atoms with Crippen LogP contribution in [0.25, 0.3) is 0 Å². The number of pyridine rings is 1. The molecule has 0 unspecified atom stereocenters. The van der Waals surface area contributed by atoms with E-state index < -0.39 is 0 Å². The van der Waals surface area contributed by atoms with Crippen LogP contribution in [0.2, 0.25) is 0 Å². The summed E-state index contributed by atoms with van der Waals surface area (Å²) in [6, 6.07) is 26.3. The van der Waals surface area contributed by atoms with E-state index in [-0.39, 0.29) is 0 Å². The van der Waals surface area contributed by atoms with E-state index in [0.29, 0.717) is 0 Å². The Hall–Kier alpha value is -2.88. The summed E-state index contributed by atoms with van der Waals surface area (Å²) in [5.41, 5.74) is 9.66. The van der Waals surface area contributed by atoms with Crippen LogP contribution in [0.15, 0.2) is 101 Å². The van der Waals surface area contributed by atoms with Gasteiger partial charge in [0.25, 0.3) is 0 Å². The second-order valence-electron chi connectivity index (χ2n) is 7.97. The number of halogens is 1. The average molecular weight is 571 g/mol. The van der Waals surface area contributed by atoms with Gasteiger partial charge in [0.15, 0.2) is 0 Å². The number of rotatable bonds is 4. The first-order valence-corrected chi connectivity index (χ1v) is 13.6. The molecule has 35 heavy (non-hydrogen) atoms. The van der Waals surface area contributed by atoms with Gasteiger partial charge in [-0.1, -0.05) is 71.3 Å². The Kier molecular flexibility index (Phi) is 12.3. The van der Waals surface area contributed by atoms with Gasteiger partial charge in [0, 0.05) is 18.1 Å². The van der Waals surface area contributed by atoms with Gasteiger partial charge in [-0.2, -0.15) is 0 Å². The number of para-hydroxylation sites is 2. The van der Waals surface area contributed by atoms with Gasteiger partial charge in [-0.3, -0.25) is 9.98 Å². The van der Waals surface area contributed by atoms with E-state index in [9.17, 15) is 0 Å². The molecule has 3 aromatic carbocycles. The molecule has 4 aromatic rings. The van der Waals surface area contributed by atoms with Crippen LogP contribution in [0.4, 0.5) is 11.4 Å². The van der Waals surface area contributed by atoms with Gasteiger partial charge in [0.05, 0.1) is 5.69 Å². The van der Waals surface area contributed by atoms with E-state index in [1.165, 1.54) is 11.1 Å². The molecule has 0 saturated carbocycles. The largest absolute Gasteiger partial charge is 0.265 e. The SMILES string of the molecule is CC(=Nc1c(C)cccc1C)c1ccccc1[C-]=Nc1c(C)cccc1C.[Ni][Br].c1ccncc1. The number of nitrogens with zero attached hydrogens (tertiary/aromatic N) is 3. The van der Waals surface area contributed by atoms with Crippen molar-refractivity contribution in [2.75, 3.05) is 0 Å². The second kappa shape index (κ2) is 15.2. The number of benzene rings is 3. The van der Waals surface area contributed by atoms with Crippen LogP contribution in [0, 0.1) is 27.7 Å². The zero-order chi connectivity index (χ0) is 25.6. The van der Waals surface area contributed by atoms with Crippen molar-refractivity contribution in [3.05, 3.63) is 125 Å². The van der Waals surface area contributed by atoms with Crippen molar-refractivity contribution in [1.82, 2.24) is 4.98 Å². The molecular formula is C30H30BrN3Ni-. The molecule has 3 nitrogen and oxygen atoms in total. The van der Waals surface area contributed by atoms with Crippen LogP contribution >= 0.6 is 14.2 Å². The third-order valence-corrected chi connectivity index (χ3v) is 5.33. The summed E-state index contributed by atoms with van der Waals surface area (Å²) in [6.07, 6.45) is 6.75. The van der Waals surface area contributed by atoms with Gasteiger partial charge >= 0.3 is 27.9 Å². The van der Waals surface area contributed by atoms with Crippen molar-refractivity contribution in [3.63, 3.8) is 0 Å². The summed E-state index contributed by atoms with van der Waals surface area (Å²) in [5.74, 6) is 0. The third-order valence-electron chi connectivity index (χ3n) is 5.33. The molecule has 0 fully saturated rings. The predicted molar refractivity (Wildman–Crippen MR) is 150 cm³/mol. The Bertz CT molecular complexity index is 1200. The van der Waals surface area contributed by atoms with Crippen molar-refractivity contribution in [2.45, 2.75) is 34.6 Å². The number of aliphatic imine (C=N–C) groups is 2. The Morgan fingerprint density at radius 3 is 1.69 bits per heavy atom. The normalized spacial score (nSPS) is 10.8. The Labute approximate surface area is 224 Å². The van der Waals surface area contributed by atoms with Crippen LogP contribution in [0.5, 0.6) is 0 Å². The first-order valence-electron chi connectivity index (χ1n) is 11.2. The summed E-state index contributed by atoms with van der Waals surface area (Å²) in [5, 5.41) is 0. The smallest absolute Gasteiger partial charge is 0.0267 e. The van der Waals surface area contributed by atoms with Crippen molar-refractivity contribution < 1.29 is 13.7 Å². The Balaban J connectivity index is 0.000000463. The van der Waals surface area contributed by atoms with Crippen LogP contribution in [-0.4, -0.2) is 16.9 Å². The first kappa shape index (κ1) is 28.4. The fourth-order valence-electron chi connectivity index (χ4n) is 3.52. The van der Waals surface area contributed by atoms with Gasteiger partial charge in [-0.05, 0) is 69.8 Å². The standard InChI is InChI=1S/C25H25N2.C5H5N.BrH.Ni/c1-17-10-8-11-18(2)24(17)26-16-22-14-6-7-15-23(22)21(5)27-25-19(3)12-9-13-20(25)4;1-2-4-6-5-3-1;;/h6-15H,1-5H3;1-5H;1H;/q-1;;;+1/p-1. The molecule has 0 amide bonds. The van der Waals surface area contributed by atoms with E-state index in [0.717, 1.165) is 39.3 Å². The van der Waals surface area contributed by atoms with Crippen molar-refractivity contribution in [1.29, 1.82) is 0 Å². The van der Waals surface area contributed by atoms with E-state index in [1.54, 1.807) is 12.4 Å². The molecule has 0 radical (unpaired) electrons. The molecule has 0 aliphatic heterocycles. The molecule has 0 aliphatic rings. The van der Waals surface area contributed by atoms with E-state index in [1.807, 2.05) is 43.3 Å². The third kappa shape index (κ3) is 8.69. The zero-order valence-corrected chi connectivity index (χ0v) is 23.3. The quantitative estimate of drug-likeness (QED) is 0.137. The second-order valence-corrected chi connectivity index (χ2v) is 7.97. The van der Waals surface area contributed by atoms with Gasteiger partial charge in [0.1, 0.15) is 0 Å². The predicted octanol–water partition coefficient (Wildman–Crippen LogP) is 8.61. The maximum Gasteiger partial charge on any atom is 0.0267 e. The van der Waals surface area contributed by atoms with Crippen molar-refractivity contribution in [3.8, 4) is 0 Å². The van der Waals surface area contributed by atoms with Crippen molar-refractivity contribution >= 4 is 37.5 Å². The van der Waals surface area contributed by atoms with Crippen LogP contribution in [-0.2, 0) is 13.7 Å². The summed E-state index contributed by atoms with van der Waals surface area (Å²) < 4.78 is 0. The molecule has 1 aromatic heterocycles. The summed E-state index contributed by atoms with van der Waals surface area (Å²) in [6.45, 7) is 10.4. The number of hydrogen-bond donors (Lipinski definition) is 0. The number of hydrogen-bond acceptors (Lipinski definition) is 3. The van der Waals surface area contributed by atoms with Crippen LogP contribution in [0.1, 0.15) is 40.3 Å².